The minimum atomic E-state index is -0.000519. The van der Waals surface area contributed by atoms with Crippen molar-refractivity contribution in [1.82, 2.24) is 19.5 Å². The van der Waals surface area contributed by atoms with Crippen molar-refractivity contribution in [1.29, 1.82) is 0 Å². The van der Waals surface area contributed by atoms with Gasteiger partial charge in [-0.2, -0.15) is 9.97 Å². The molecule has 6 aromatic rings. The van der Waals surface area contributed by atoms with Gasteiger partial charge in [0.25, 0.3) is 0 Å². The number of nitrogens with zero attached hydrogens (tertiary/aromatic N) is 5. The molecule has 0 bridgehead atoms. The zero-order valence-electron chi connectivity index (χ0n) is 25.0. The summed E-state index contributed by atoms with van der Waals surface area (Å²) in [7, 11) is 0. The van der Waals surface area contributed by atoms with Gasteiger partial charge in [-0.1, -0.05) is 128 Å². The van der Waals surface area contributed by atoms with Crippen molar-refractivity contribution in [2.75, 3.05) is 4.90 Å². The molecule has 45 heavy (non-hydrogen) atoms. The number of rotatable bonds is 6. The Labute approximate surface area is 262 Å². The molecule has 3 heterocycles. The van der Waals surface area contributed by atoms with Crippen molar-refractivity contribution in [3.8, 4) is 17.3 Å². The average Bonchev–Trinajstić information content (AvgIpc) is 3.62. The highest BCUT2D eigenvalue weighted by atomic mass is 15.3. The lowest BCUT2D eigenvalue weighted by Gasteiger charge is -2.33. The van der Waals surface area contributed by atoms with Gasteiger partial charge < -0.3 is 4.90 Å². The zero-order valence-corrected chi connectivity index (χ0v) is 25.0. The molecule has 2 atom stereocenters. The van der Waals surface area contributed by atoms with E-state index in [1.54, 1.807) is 6.08 Å². The molecule has 4 aromatic carbocycles. The van der Waals surface area contributed by atoms with Crippen LogP contribution in [0.4, 0.5) is 11.4 Å². The van der Waals surface area contributed by atoms with Crippen molar-refractivity contribution in [3.63, 3.8) is 0 Å². The lowest BCUT2D eigenvalue weighted by molar-refractivity contribution is 0.630. The average molecular weight is 582 g/mol. The first-order chi connectivity index (χ1) is 22.3. The van der Waals surface area contributed by atoms with Gasteiger partial charge in [-0.05, 0) is 36.8 Å². The summed E-state index contributed by atoms with van der Waals surface area (Å²) in [5.74, 6) is 2.00. The van der Waals surface area contributed by atoms with Crippen LogP contribution in [0.1, 0.15) is 41.5 Å². The lowest BCUT2D eigenvalue weighted by atomic mass is 9.86. The van der Waals surface area contributed by atoms with Gasteiger partial charge in [-0.15, -0.1) is 0 Å². The topological polar surface area (TPSA) is 46.8 Å². The molecular weight excluding hydrogens is 550 g/mol. The van der Waals surface area contributed by atoms with Crippen LogP contribution in [0.2, 0.25) is 0 Å². The molecular formula is C40H31N5. The molecule has 2 aliphatic rings. The molecule has 0 fully saturated rings. The van der Waals surface area contributed by atoms with Crippen molar-refractivity contribution in [2.45, 2.75) is 18.9 Å². The van der Waals surface area contributed by atoms with E-state index in [0.717, 1.165) is 22.3 Å². The van der Waals surface area contributed by atoms with Gasteiger partial charge in [0.15, 0.2) is 11.6 Å². The van der Waals surface area contributed by atoms with E-state index in [0.29, 0.717) is 17.6 Å². The lowest BCUT2D eigenvalue weighted by Crippen LogP contribution is -2.26. The van der Waals surface area contributed by atoms with Crippen LogP contribution >= 0.6 is 0 Å². The van der Waals surface area contributed by atoms with Crippen LogP contribution in [0.25, 0.3) is 39.9 Å². The normalized spacial score (nSPS) is 17.0. The Kier molecular flexibility index (Phi) is 6.57. The van der Waals surface area contributed by atoms with Crippen molar-refractivity contribution in [2.24, 2.45) is 0 Å². The Morgan fingerprint density at radius 1 is 0.800 bits per heavy atom. The number of benzene rings is 4. The second-order valence-electron chi connectivity index (χ2n) is 11.2. The van der Waals surface area contributed by atoms with Gasteiger partial charge >= 0.3 is 0 Å². The molecule has 5 heteroatoms. The van der Waals surface area contributed by atoms with E-state index in [1.807, 2.05) is 55.5 Å². The summed E-state index contributed by atoms with van der Waals surface area (Å²) in [6.07, 6.45) is 12.4. The Bertz CT molecular complexity index is 2150. The van der Waals surface area contributed by atoms with Gasteiger partial charge in [0.2, 0.25) is 5.95 Å². The van der Waals surface area contributed by atoms with Crippen LogP contribution in [0, 0.1) is 0 Å². The summed E-state index contributed by atoms with van der Waals surface area (Å²) in [5.41, 5.74) is 8.97. The Balaban J connectivity index is 1.43. The molecule has 0 radical (unpaired) electrons. The number of para-hydroxylation sites is 3. The number of anilines is 2. The largest absolute Gasteiger partial charge is 0.331 e. The van der Waals surface area contributed by atoms with Gasteiger partial charge in [-0.25, -0.2) is 4.98 Å². The maximum Gasteiger partial charge on any atom is 0.238 e. The Morgan fingerprint density at radius 3 is 2.33 bits per heavy atom. The van der Waals surface area contributed by atoms with Gasteiger partial charge in [0, 0.05) is 39.4 Å². The number of aromatic nitrogens is 4. The third kappa shape index (κ3) is 4.35. The molecule has 0 amide bonds. The molecule has 1 aliphatic heterocycles. The quantitative estimate of drug-likeness (QED) is 0.184. The predicted molar refractivity (Wildman–Crippen MR) is 185 cm³/mol. The Hall–Kier alpha value is -5.81. The first-order valence-corrected chi connectivity index (χ1v) is 15.3. The smallest absolute Gasteiger partial charge is 0.238 e. The van der Waals surface area contributed by atoms with Gasteiger partial charge in [0.05, 0.1) is 17.3 Å². The molecule has 2 unspecified atom stereocenters. The highest BCUT2D eigenvalue weighted by molar-refractivity contribution is 5.95. The standard InChI is InChI=1S/C40H31N5/c1-3-5-16-27(4-2)38-41-39(28-17-8-6-9-18-28)43-40(42-38)45-35-24-15-13-22-31(35)33-26-25-32-30-21-12-14-23-34(30)44(36(32)37(33)45)29-19-10-7-11-20-29/h3-26,32,36H,1H2,2H3/b16-5-,27-4+. The fraction of sp³-hybridized carbons (Fsp3) is 0.0750. The molecule has 0 N–H and O–H groups in total. The minimum absolute atomic E-state index is 0.000519. The molecule has 0 spiro atoms. The highest BCUT2D eigenvalue weighted by Gasteiger charge is 2.44. The monoisotopic (exact) mass is 581 g/mol. The van der Waals surface area contributed by atoms with E-state index < -0.39 is 0 Å². The first kappa shape index (κ1) is 26.8. The molecule has 0 saturated heterocycles. The fourth-order valence-corrected chi connectivity index (χ4v) is 6.81. The van der Waals surface area contributed by atoms with Crippen molar-refractivity contribution in [3.05, 3.63) is 169 Å². The van der Waals surface area contributed by atoms with Crippen LogP contribution in [0.15, 0.2) is 146 Å². The van der Waals surface area contributed by atoms with E-state index in [2.05, 4.69) is 107 Å². The van der Waals surface area contributed by atoms with E-state index in [4.69, 9.17) is 15.0 Å². The van der Waals surface area contributed by atoms with Gasteiger partial charge in [0.1, 0.15) is 0 Å². The summed E-state index contributed by atoms with van der Waals surface area (Å²) < 4.78 is 2.27. The molecule has 216 valence electrons. The van der Waals surface area contributed by atoms with Crippen LogP contribution in [-0.4, -0.2) is 19.5 Å². The van der Waals surface area contributed by atoms with E-state index in [1.165, 1.54) is 27.9 Å². The summed E-state index contributed by atoms with van der Waals surface area (Å²) >= 11 is 0. The molecule has 2 aromatic heterocycles. The van der Waals surface area contributed by atoms with Crippen molar-refractivity contribution >= 4 is 33.9 Å². The van der Waals surface area contributed by atoms with Crippen molar-refractivity contribution < 1.29 is 0 Å². The minimum Gasteiger partial charge on any atom is -0.331 e. The molecule has 1 aliphatic carbocycles. The van der Waals surface area contributed by atoms with E-state index in [-0.39, 0.29) is 12.0 Å². The Morgan fingerprint density at radius 2 is 1.53 bits per heavy atom. The number of hydrogen-bond acceptors (Lipinski definition) is 4. The molecule has 8 rings (SSSR count). The number of hydrogen-bond donors (Lipinski definition) is 0. The summed E-state index contributed by atoms with van der Waals surface area (Å²) in [4.78, 5) is 17.8. The second kappa shape index (κ2) is 11.0. The summed E-state index contributed by atoms with van der Waals surface area (Å²) in [6.45, 7) is 5.87. The fourth-order valence-electron chi connectivity index (χ4n) is 6.81. The second-order valence-corrected chi connectivity index (χ2v) is 11.2. The van der Waals surface area contributed by atoms with Crippen LogP contribution < -0.4 is 4.90 Å². The van der Waals surface area contributed by atoms with E-state index >= 15 is 0 Å². The summed E-state index contributed by atoms with van der Waals surface area (Å²) in [5, 5.41) is 1.17. The maximum absolute atomic E-state index is 5.19. The first-order valence-electron chi connectivity index (χ1n) is 15.3. The SMILES string of the molecule is C=C/C=C\C(=C/C)c1nc(-c2ccccc2)nc(-n2c3c(c4ccccc42)C=CC2c4ccccc4N(c4ccccc4)C32)n1. The third-order valence-electron chi connectivity index (χ3n) is 8.75. The van der Waals surface area contributed by atoms with E-state index in [9.17, 15) is 0 Å². The molecule has 5 nitrogen and oxygen atoms in total. The zero-order chi connectivity index (χ0) is 30.3. The number of allylic oxidation sites excluding steroid dienone is 5. The molecule has 0 saturated carbocycles. The summed E-state index contributed by atoms with van der Waals surface area (Å²) in [6, 6.07) is 38.2. The predicted octanol–water partition coefficient (Wildman–Crippen LogP) is 9.63. The maximum atomic E-state index is 5.19. The number of fused-ring (bicyclic) bond motifs is 7. The van der Waals surface area contributed by atoms with Gasteiger partial charge in [-0.3, -0.25) is 4.57 Å². The third-order valence-corrected chi connectivity index (χ3v) is 8.75. The van der Waals surface area contributed by atoms with Crippen LogP contribution in [0.3, 0.4) is 0 Å². The highest BCUT2D eigenvalue weighted by Crippen LogP contribution is 2.57. The van der Waals surface area contributed by atoms with Crippen LogP contribution in [-0.2, 0) is 0 Å². The van der Waals surface area contributed by atoms with Crippen LogP contribution in [0.5, 0.6) is 0 Å².